The first-order valence-corrected chi connectivity index (χ1v) is 5.89. The Morgan fingerprint density at radius 2 is 2.12 bits per heavy atom. The first-order valence-electron chi connectivity index (χ1n) is 5.89. The maximum absolute atomic E-state index is 11.6. The molecule has 0 amide bonds. The van der Waals surface area contributed by atoms with E-state index >= 15 is 0 Å². The highest BCUT2D eigenvalue weighted by atomic mass is 16.5. The predicted molar refractivity (Wildman–Crippen MR) is 63.6 cm³/mol. The van der Waals surface area contributed by atoms with Crippen LogP contribution in [-0.4, -0.2) is 5.97 Å². The molecule has 2 bridgehead atoms. The molecule has 0 aromatic rings. The van der Waals surface area contributed by atoms with Crippen molar-refractivity contribution < 1.29 is 9.53 Å². The topological polar surface area (TPSA) is 26.3 Å². The summed E-state index contributed by atoms with van der Waals surface area (Å²) in [5, 5.41) is 0. The molecule has 0 radical (unpaired) electrons. The molecule has 0 N–H and O–H groups in total. The van der Waals surface area contributed by atoms with Gasteiger partial charge < -0.3 is 4.74 Å². The Morgan fingerprint density at radius 1 is 1.50 bits per heavy atom. The van der Waals surface area contributed by atoms with Crippen molar-refractivity contribution in [2.45, 2.75) is 40.5 Å². The summed E-state index contributed by atoms with van der Waals surface area (Å²) in [6.07, 6.45) is 4.46. The van der Waals surface area contributed by atoms with Gasteiger partial charge in [0.25, 0.3) is 0 Å². The van der Waals surface area contributed by atoms with Crippen molar-refractivity contribution in [2.75, 3.05) is 0 Å². The lowest BCUT2D eigenvalue weighted by Crippen LogP contribution is -2.31. The summed E-state index contributed by atoms with van der Waals surface area (Å²) in [4.78, 5) is 11.6. The molecule has 0 heterocycles. The molecular weight excluding hydrogens is 200 g/mol. The van der Waals surface area contributed by atoms with E-state index in [1.807, 2.05) is 0 Å². The number of ether oxygens (including phenoxy) is 1. The maximum Gasteiger partial charge on any atom is 0.338 e. The van der Waals surface area contributed by atoms with E-state index < -0.39 is 0 Å². The lowest BCUT2D eigenvalue weighted by molar-refractivity contribution is -0.137. The molecule has 16 heavy (non-hydrogen) atoms. The fourth-order valence-corrected chi connectivity index (χ4v) is 2.97. The van der Waals surface area contributed by atoms with Crippen LogP contribution in [0.5, 0.6) is 0 Å². The molecule has 2 unspecified atom stereocenters. The monoisotopic (exact) mass is 220 g/mol. The molecule has 2 heteroatoms. The van der Waals surface area contributed by atoms with Gasteiger partial charge in [0.1, 0.15) is 5.76 Å². The third kappa shape index (κ3) is 1.28. The molecule has 1 fully saturated rings. The van der Waals surface area contributed by atoms with Crippen LogP contribution in [0.15, 0.2) is 24.0 Å². The summed E-state index contributed by atoms with van der Waals surface area (Å²) >= 11 is 0. The second-order valence-electron chi connectivity index (χ2n) is 5.90. The van der Waals surface area contributed by atoms with Gasteiger partial charge >= 0.3 is 5.97 Å². The van der Waals surface area contributed by atoms with Gasteiger partial charge in [-0.2, -0.15) is 0 Å². The molecule has 2 aliphatic rings. The van der Waals surface area contributed by atoms with E-state index in [2.05, 4.69) is 33.4 Å². The summed E-state index contributed by atoms with van der Waals surface area (Å²) in [5.74, 6) is 1.11. The fraction of sp³-hybridized carbons (Fsp3) is 0.643. The van der Waals surface area contributed by atoms with Crippen LogP contribution >= 0.6 is 0 Å². The van der Waals surface area contributed by atoms with E-state index in [9.17, 15) is 4.79 Å². The third-order valence-electron chi connectivity index (χ3n) is 4.75. The van der Waals surface area contributed by atoms with Crippen molar-refractivity contribution in [1.82, 2.24) is 0 Å². The zero-order valence-corrected chi connectivity index (χ0v) is 10.6. The minimum atomic E-state index is -0.296. The van der Waals surface area contributed by atoms with Crippen LogP contribution in [-0.2, 0) is 9.53 Å². The lowest BCUT2D eigenvalue weighted by Gasteiger charge is -2.36. The number of carbonyl (C=O) groups is 1. The molecule has 2 rings (SSSR count). The van der Waals surface area contributed by atoms with Crippen LogP contribution in [0.2, 0.25) is 0 Å². The van der Waals surface area contributed by atoms with E-state index in [1.165, 1.54) is 6.42 Å². The highest BCUT2D eigenvalue weighted by Crippen LogP contribution is 2.65. The summed E-state index contributed by atoms with van der Waals surface area (Å²) in [6, 6.07) is 0. The fourth-order valence-electron chi connectivity index (χ4n) is 2.97. The molecule has 2 nitrogen and oxygen atoms in total. The van der Waals surface area contributed by atoms with E-state index in [0.717, 1.165) is 12.2 Å². The average Bonchev–Trinajstić information content (AvgIpc) is 2.50. The quantitative estimate of drug-likeness (QED) is 0.526. The number of fused-ring (bicyclic) bond motifs is 2. The van der Waals surface area contributed by atoms with Crippen LogP contribution in [0.4, 0.5) is 0 Å². The van der Waals surface area contributed by atoms with Gasteiger partial charge in [0.2, 0.25) is 0 Å². The first-order chi connectivity index (χ1) is 7.29. The smallest absolute Gasteiger partial charge is 0.338 e. The SMILES string of the molecule is C=C(C)C(=O)OC1=CC2CCC1(C)C2(C)C. The second-order valence-corrected chi connectivity index (χ2v) is 5.90. The largest absolute Gasteiger partial charge is 0.427 e. The van der Waals surface area contributed by atoms with Crippen molar-refractivity contribution >= 4 is 5.97 Å². The van der Waals surface area contributed by atoms with Gasteiger partial charge in [-0.3, -0.25) is 0 Å². The average molecular weight is 220 g/mol. The van der Waals surface area contributed by atoms with Crippen molar-refractivity contribution in [3.63, 3.8) is 0 Å². The molecule has 0 aliphatic heterocycles. The molecule has 0 aromatic heterocycles. The standard InChI is InChI=1S/C14H20O2/c1-9(2)12(15)16-11-8-10-6-7-14(11,5)13(10,3)4/h8,10H,1,6-7H2,2-5H3. The zero-order chi connectivity index (χ0) is 12.1. The molecule has 0 spiro atoms. The van der Waals surface area contributed by atoms with Crippen LogP contribution in [0.25, 0.3) is 0 Å². The highest BCUT2D eigenvalue weighted by Gasteiger charge is 2.58. The van der Waals surface area contributed by atoms with Crippen LogP contribution in [0.1, 0.15) is 40.5 Å². The van der Waals surface area contributed by atoms with Crippen LogP contribution < -0.4 is 0 Å². The number of hydrogen-bond donors (Lipinski definition) is 0. The Balaban J connectivity index is 2.24. The summed E-state index contributed by atoms with van der Waals surface area (Å²) in [7, 11) is 0. The molecule has 0 saturated heterocycles. The highest BCUT2D eigenvalue weighted by molar-refractivity contribution is 5.87. The lowest BCUT2D eigenvalue weighted by atomic mass is 9.70. The number of rotatable bonds is 2. The summed E-state index contributed by atoms with van der Waals surface area (Å²) in [6.45, 7) is 12.0. The Kier molecular flexibility index (Phi) is 2.30. The molecule has 1 saturated carbocycles. The van der Waals surface area contributed by atoms with Crippen molar-refractivity contribution in [3.8, 4) is 0 Å². The summed E-state index contributed by atoms with van der Waals surface area (Å²) < 4.78 is 5.47. The first kappa shape index (κ1) is 11.4. The van der Waals surface area contributed by atoms with Gasteiger partial charge in [-0.25, -0.2) is 4.79 Å². The van der Waals surface area contributed by atoms with E-state index in [4.69, 9.17) is 4.74 Å². The van der Waals surface area contributed by atoms with Gasteiger partial charge in [-0.1, -0.05) is 27.4 Å². The molecule has 0 aromatic carbocycles. The minimum Gasteiger partial charge on any atom is -0.427 e. The number of allylic oxidation sites excluding steroid dienone is 2. The Bertz CT molecular complexity index is 390. The molecular formula is C14H20O2. The number of esters is 1. The Hall–Kier alpha value is -1.05. The maximum atomic E-state index is 11.6. The molecule has 2 atom stereocenters. The van der Waals surface area contributed by atoms with Crippen molar-refractivity contribution in [3.05, 3.63) is 24.0 Å². The van der Waals surface area contributed by atoms with Crippen LogP contribution in [0, 0.1) is 16.7 Å². The van der Waals surface area contributed by atoms with Crippen LogP contribution in [0.3, 0.4) is 0 Å². The van der Waals surface area contributed by atoms with Gasteiger partial charge in [0.15, 0.2) is 0 Å². The number of hydrogen-bond acceptors (Lipinski definition) is 2. The second kappa shape index (κ2) is 3.22. The van der Waals surface area contributed by atoms with Gasteiger partial charge in [0, 0.05) is 11.0 Å². The van der Waals surface area contributed by atoms with E-state index in [-0.39, 0.29) is 16.8 Å². The van der Waals surface area contributed by atoms with Gasteiger partial charge in [-0.05, 0) is 37.2 Å². The van der Waals surface area contributed by atoms with Gasteiger partial charge in [-0.15, -0.1) is 0 Å². The van der Waals surface area contributed by atoms with E-state index in [0.29, 0.717) is 11.5 Å². The minimum absolute atomic E-state index is 0.0166. The zero-order valence-electron chi connectivity index (χ0n) is 10.6. The Morgan fingerprint density at radius 3 is 2.50 bits per heavy atom. The summed E-state index contributed by atoms with van der Waals surface area (Å²) in [5.41, 5.74) is 0.686. The van der Waals surface area contributed by atoms with Crippen molar-refractivity contribution in [2.24, 2.45) is 16.7 Å². The van der Waals surface area contributed by atoms with E-state index in [1.54, 1.807) is 6.92 Å². The van der Waals surface area contributed by atoms with Crippen molar-refractivity contribution in [1.29, 1.82) is 0 Å². The normalized spacial score (nSPS) is 34.8. The third-order valence-corrected chi connectivity index (χ3v) is 4.75. The molecule has 88 valence electrons. The Labute approximate surface area is 97.4 Å². The molecule has 2 aliphatic carbocycles. The predicted octanol–water partition coefficient (Wildman–Crippen LogP) is 3.45. The number of carbonyl (C=O) groups excluding carboxylic acids is 1. The van der Waals surface area contributed by atoms with Gasteiger partial charge in [0.05, 0.1) is 0 Å².